The summed E-state index contributed by atoms with van der Waals surface area (Å²) in [4.78, 5) is 25.0. The van der Waals surface area contributed by atoms with Crippen molar-refractivity contribution >= 4 is 11.8 Å². The number of nitrogens with one attached hydrogen (secondary N) is 2. The van der Waals surface area contributed by atoms with Crippen LogP contribution in [0.25, 0.3) is 0 Å². The number of likely N-dealkylation sites (tertiary alicyclic amines) is 1. The molecule has 2 amide bonds. The number of amides is 2. The summed E-state index contributed by atoms with van der Waals surface area (Å²) in [7, 11) is 1.61. The van der Waals surface area contributed by atoms with Crippen molar-refractivity contribution in [2.45, 2.75) is 31.2 Å². The molecule has 0 unspecified atom stereocenters. The maximum absolute atomic E-state index is 11.8. The second-order valence-corrected chi connectivity index (χ2v) is 4.66. The average Bonchev–Trinajstić information content (AvgIpc) is 2.59. The number of piperidine rings is 1. The largest absolute Gasteiger partial charge is 0.358 e. The quantitative estimate of drug-likeness (QED) is 0.664. The zero-order chi connectivity index (χ0) is 11.6. The van der Waals surface area contributed by atoms with Gasteiger partial charge in [-0.2, -0.15) is 0 Å². The third-order valence-corrected chi connectivity index (χ3v) is 3.71. The van der Waals surface area contributed by atoms with Gasteiger partial charge in [0.05, 0.1) is 5.54 Å². The SMILES string of the molecule is CNC(=O)CN1C(=O)CC[C@]12CCCNC2. The van der Waals surface area contributed by atoms with Gasteiger partial charge in [-0.05, 0) is 25.8 Å². The highest BCUT2D eigenvalue weighted by atomic mass is 16.2. The molecule has 2 N–H and O–H groups in total. The smallest absolute Gasteiger partial charge is 0.239 e. The molecule has 0 radical (unpaired) electrons. The first kappa shape index (κ1) is 11.4. The number of carbonyl (C=O) groups is 2. The van der Waals surface area contributed by atoms with Crippen LogP contribution in [0.4, 0.5) is 0 Å². The summed E-state index contributed by atoms with van der Waals surface area (Å²) in [5.74, 6) is 0.0347. The summed E-state index contributed by atoms with van der Waals surface area (Å²) < 4.78 is 0. The zero-order valence-corrected chi connectivity index (χ0v) is 9.71. The van der Waals surface area contributed by atoms with E-state index in [1.165, 1.54) is 0 Å². The van der Waals surface area contributed by atoms with Crippen LogP contribution >= 0.6 is 0 Å². The first-order valence-corrected chi connectivity index (χ1v) is 5.90. The van der Waals surface area contributed by atoms with Gasteiger partial charge in [0, 0.05) is 20.0 Å². The van der Waals surface area contributed by atoms with Crippen LogP contribution in [-0.2, 0) is 9.59 Å². The summed E-state index contributed by atoms with van der Waals surface area (Å²) in [6.07, 6.45) is 3.56. The van der Waals surface area contributed by atoms with Gasteiger partial charge in [0.15, 0.2) is 0 Å². The van der Waals surface area contributed by atoms with Crippen LogP contribution in [0.15, 0.2) is 0 Å². The fourth-order valence-corrected chi connectivity index (χ4v) is 2.75. The van der Waals surface area contributed by atoms with Crippen molar-refractivity contribution < 1.29 is 9.59 Å². The number of likely N-dealkylation sites (N-methyl/N-ethyl adjacent to an activating group) is 1. The van der Waals surface area contributed by atoms with Crippen molar-refractivity contribution in [3.05, 3.63) is 0 Å². The van der Waals surface area contributed by atoms with Gasteiger partial charge < -0.3 is 15.5 Å². The van der Waals surface area contributed by atoms with Gasteiger partial charge in [-0.15, -0.1) is 0 Å². The predicted molar refractivity (Wildman–Crippen MR) is 59.8 cm³/mol. The van der Waals surface area contributed by atoms with E-state index in [-0.39, 0.29) is 23.9 Å². The van der Waals surface area contributed by atoms with E-state index < -0.39 is 0 Å². The Kier molecular flexibility index (Phi) is 3.14. The molecule has 0 aromatic rings. The van der Waals surface area contributed by atoms with Crippen LogP contribution in [0, 0.1) is 0 Å². The van der Waals surface area contributed by atoms with E-state index >= 15 is 0 Å². The van der Waals surface area contributed by atoms with Crippen molar-refractivity contribution in [3.8, 4) is 0 Å². The van der Waals surface area contributed by atoms with E-state index in [1.54, 1.807) is 11.9 Å². The molecule has 5 nitrogen and oxygen atoms in total. The summed E-state index contributed by atoms with van der Waals surface area (Å²) >= 11 is 0. The predicted octanol–water partition coefficient (Wildman–Crippen LogP) is -0.523. The Morgan fingerprint density at radius 3 is 3.00 bits per heavy atom. The standard InChI is InChI=1S/C11H19N3O2/c1-12-9(15)7-14-10(16)3-5-11(14)4-2-6-13-8-11/h13H,2-8H2,1H3,(H,12,15)/t11-/m0/s1. The van der Waals surface area contributed by atoms with Crippen LogP contribution in [-0.4, -0.2) is 48.9 Å². The van der Waals surface area contributed by atoms with Gasteiger partial charge >= 0.3 is 0 Å². The molecule has 90 valence electrons. The second-order valence-electron chi connectivity index (χ2n) is 4.66. The first-order chi connectivity index (χ1) is 7.68. The topological polar surface area (TPSA) is 61.4 Å². The molecule has 0 bridgehead atoms. The maximum Gasteiger partial charge on any atom is 0.239 e. The molecule has 1 atom stereocenters. The summed E-state index contributed by atoms with van der Waals surface area (Å²) in [6.45, 7) is 2.05. The second kappa shape index (κ2) is 4.41. The highest BCUT2D eigenvalue weighted by molar-refractivity contribution is 5.86. The molecule has 0 aromatic heterocycles. The zero-order valence-electron chi connectivity index (χ0n) is 9.71. The van der Waals surface area contributed by atoms with Crippen LogP contribution in [0.3, 0.4) is 0 Å². The Balaban J connectivity index is 2.11. The van der Waals surface area contributed by atoms with Gasteiger partial charge in [-0.3, -0.25) is 9.59 Å². The van der Waals surface area contributed by atoms with E-state index in [2.05, 4.69) is 10.6 Å². The van der Waals surface area contributed by atoms with Gasteiger partial charge in [-0.25, -0.2) is 0 Å². The lowest BCUT2D eigenvalue weighted by molar-refractivity contribution is -0.137. The molecule has 2 saturated heterocycles. The number of rotatable bonds is 2. The minimum Gasteiger partial charge on any atom is -0.358 e. The Hall–Kier alpha value is -1.10. The molecule has 5 heteroatoms. The Bertz CT molecular complexity index is 298. The van der Waals surface area contributed by atoms with Gasteiger partial charge in [0.25, 0.3) is 0 Å². The minimum absolute atomic E-state index is 0.0831. The lowest BCUT2D eigenvalue weighted by Crippen LogP contribution is -2.57. The van der Waals surface area contributed by atoms with E-state index in [9.17, 15) is 9.59 Å². The summed E-state index contributed by atoms with van der Waals surface area (Å²) in [5, 5.41) is 5.91. The molecule has 2 aliphatic heterocycles. The summed E-state index contributed by atoms with van der Waals surface area (Å²) in [5.41, 5.74) is -0.0954. The molecule has 0 aromatic carbocycles. The molecule has 16 heavy (non-hydrogen) atoms. The van der Waals surface area contributed by atoms with Crippen LogP contribution < -0.4 is 10.6 Å². The van der Waals surface area contributed by atoms with Gasteiger partial charge in [0.1, 0.15) is 6.54 Å². The maximum atomic E-state index is 11.8. The highest BCUT2D eigenvalue weighted by Gasteiger charge is 2.46. The first-order valence-electron chi connectivity index (χ1n) is 5.90. The van der Waals surface area contributed by atoms with E-state index in [0.717, 1.165) is 32.4 Å². The van der Waals surface area contributed by atoms with E-state index in [1.807, 2.05) is 0 Å². The van der Waals surface area contributed by atoms with Gasteiger partial charge in [0.2, 0.25) is 11.8 Å². The molecule has 2 fully saturated rings. The number of nitrogens with zero attached hydrogens (tertiary/aromatic N) is 1. The van der Waals surface area contributed by atoms with Crippen molar-refractivity contribution in [2.75, 3.05) is 26.7 Å². The lowest BCUT2D eigenvalue weighted by atomic mass is 9.87. The van der Waals surface area contributed by atoms with Crippen LogP contribution in [0.5, 0.6) is 0 Å². The third-order valence-electron chi connectivity index (χ3n) is 3.71. The average molecular weight is 225 g/mol. The number of carbonyl (C=O) groups excluding carboxylic acids is 2. The molecular formula is C11H19N3O2. The lowest BCUT2D eigenvalue weighted by Gasteiger charge is -2.41. The fraction of sp³-hybridized carbons (Fsp3) is 0.818. The molecule has 2 rings (SSSR count). The van der Waals surface area contributed by atoms with Crippen molar-refractivity contribution in [2.24, 2.45) is 0 Å². The Morgan fingerprint density at radius 2 is 2.38 bits per heavy atom. The molecule has 0 aliphatic carbocycles. The molecule has 0 saturated carbocycles. The Morgan fingerprint density at radius 1 is 1.56 bits per heavy atom. The van der Waals surface area contributed by atoms with Crippen LogP contribution in [0.1, 0.15) is 25.7 Å². The number of hydrogen-bond donors (Lipinski definition) is 2. The van der Waals surface area contributed by atoms with E-state index in [0.29, 0.717) is 6.42 Å². The molecule has 1 spiro atoms. The molecule has 2 aliphatic rings. The van der Waals surface area contributed by atoms with Gasteiger partial charge in [-0.1, -0.05) is 0 Å². The van der Waals surface area contributed by atoms with Crippen molar-refractivity contribution in [1.82, 2.24) is 15.5 Å². The monoisotopic (exact) mass is 225 g/mol. The normalized spacial score (nSPS) is 29.8. The molecular weight excluding hydrogens is 206 g/mol. The van der Waals surface area contributed by atoms with E-state index in [4.69, 9.17) is 0 Å². The van der Waals surface area contributed by atoms with Crippen molar-refractivity contribution in [1.29, 1.82) is 0 Å². The highest BCUT2D eigenvalue weighted by Crippen LogP contribution is 2.35. The molecule has 2 heterocycles. The fourth-order valence-electron chi connectivity index (χ4n) is 2.75. The van der Waals surface area contributed by atoms with Crippen LogP contribution in [0.2, 0.25) is 0 Å². The Labute approximate surface area is 95.6 Å². The summed E-state index contributed by atoms with van der Waals surface area (Å²) in [6, 6.07) is 0. The third kappa shape index (κ3) is 1.91. The van der Waals surface area contributed by atoms with Crippen molar-refractivity contribution in [3.63, 3.8) is 0 Å². The minimum atomic E-state index is -0.0954. The number of hydrogen-bond acceptors (Lipinski definition) is 3.